The Morgan fingerprint density at radius 1 is 1.00 bits per heavy atom. The van der Waals surface area contributed by atoms with Crippen molar-refractivity contribution in [3.05, 3.63) is 35.9 Å². The number of hydrogen-bond donors (Lipinski definition) is 2. The summed E-state index contributed by atoms with van der Waals surface area (Å²) in [4.78, 5) is 27.2. The molecule has 1 aromatic carbocycles. The third kappa shape index (κ3) is 4.26. The fraction of sp³-hybridized carbons (Fsp3) is 0.619. The average molecular weight is 358 g/mol. The predicted octanol–water partition coefficient (Wildman–Crippen LogP) is 3.51. The summed E-state index contributed by atoms with van der Waals surface area (Å²) >= 11 is 0. The number of nitrogens with zero attached hydrogens (tertiary/aromatic N) is 1. The Kier molecular flexibility index (Phi) is 6.30. The third-order valence-electron chi connectivity index (χ3n) is 5.95. The molecule has 1 saturated heterocycles. The van der Waals surface area contributed by atoms with E-state index in [1.807, 2.05) is 30.3 Å². The Bertz CT molecular complexity index is 605. The highest BCUT2D eigenvalue weighted by Crippen LogP contribution is 2.36. The Morgan fingerprint density at radius 2 is 1.62 bits per heavy atom. The van der Waals surface area contributed by atoms with Gasteiger partial charge < -0.3 is 10.4 Å². The molecular weight excluding hydrogens is 328 g/mol. The van der Waals surface area contributed by atoms with Crippen molar-refractivity contribution in [1.29, 1.82) is 0 Å². The Labute approximate surface area is 155 Å². The number of benzene rings is 1. The van der Waals surface area contributed by atoms with Crippen LogP contribution in [0.3, 0.4) is 0 Å². The molecule has 1 aliphatic heterocycles. The quantitative estimate of drug-likeness (QED) is 0.816. The molecule has 3 rings (SSSR count). The zero-order valence-corrected chi connectivity index (χ0v) is 15.5. The molecule has 1 atom stereocenters. The monoisotopic (exact) mass is 358 g/mol. The molecule has 2 aliphatic rings. The van der Waals surface area contributed by atoms with Crippen molar-refractivity contribution in [2.75, 3.05) is 13.1 Å². The van der Waals surface area contributed by atoms with Crippen LogP contribution >= 0.6 is 0 Å². The minimum absolute atomic E-state index is 0.0224. The Balaban J connectivity index is 1.81. The first-order chi connectivity index (χ1) is 12.6. The van der Waals surface area contributed by atoms with Gasteiger partial charge in [0.1, 0.15) is 5.54 Å². The first kappa shape index (κ1) is 18.9. The van der Waals surface area contributed by atoms with Crippen LogP contribution in [0, 0.1) is 0 Å². The zero-order chi connectivity index (χ0) is 18.4. The molecule has 5 heteroatoms. The van der Waals surface area contributed by atoms with Gasteiger partial charge in [-0.15, -0.1) is 0 Å². The van der Waals surface area contributed by atoms with E-state index in [9.17, 15) is 14.7 Å². The summed E-state index contributed by atoms with van der Waals surface area (Å²) in [6, 6.07) is 8.98. The fourth-order valence-corrected chi connectivity index (χ4v) is 4.55. The first-order valence-corrected chi connectivity index (χ1v) is 9.94. The summed E-state index contributed by atoms with van der Waals surface area (Å²) in [5.41, 5.74) is 0.400. The van der Waals surface area contributed by atoms with Crippen molar-refractivity contribution >= 4 is 11.9 Å². The van der Waals surface area contributed by atoms with E-state index < -0.39 is 17.6 Å². The van der Waals surface area contributed by atoms with Crippen molar-refractivity contribution in [3.8, 4) is 0 Å². The van der Waals surface area contributed by atoms with Crippen molar-refractivity contribution in [3.63, 3.8) is 0 Å². The number of carbonyl (C=O) groups excluding carboxylic acids is 1. The number of likely N-dealkylation sites (tertiary alicyclic amines) is 1. The summed E-state index contributed by atoms with van der Waals surface area (Å²) in [5, 5.41) is 12.4. The van der Waals surface area contributed by atoms with Crippen LogP contribution in [0.2, 0.25) is 0 Å². The van der Waals surface area contributed by atoms with Gasteiger partial charge in [0.25, 0.3) is 0 Å². The van der Waals surface area contributed by atoms with E-state index in [0.29, 0.717) is 0 Å². The molecule has 26 heavy (non-hydrogen) atoms. The number of rotatable bonds is 6. The van der Waals surface area contributed by atoms with Crippen LogP contribution in [-0.4, -0.2) is 40.5 Å². The number of amides is 1. The summed E-state index contributed by atoms with van der Waals surface area (Å²) in [5.74, 6) is -0.871. The van der Waals surface area contributed by atoms with Gasteiger partial charge >= 0.3 is 5.97 Å². The van der Waals surface area contributed by atoms with Crippen molar-refractivity contribution in [2.45, 2.75) is 69.4 Å². The van der Waals surface area contributed by atoms with Gasteiger partial charge in [-0.2, -0.15) is 0 Å². The number of piperidine rings is 1. The maximum Gasteiger partial charge on any atom is 0.305 e. The van der Waals surface area contributed by atoms with Crippen molar-refractivity contribution in [1.82, 2.24) is 10.2 Å². The smallest absolute Gasteiger partial charge is 0.305 e. The zero-order valence-electron chi connectivity index (χ0n) is 15.5. The lowest BCUT2D eigenvalue weighted by molar-refractivity contribution is -0.140. The SMILES string of the molecule is O=C(O)C[C@H](NC(=O)C1(N2CCCCC2)CCCCC1)c1ccccc1. The van der Waals surface area contributed by atoms with Gasteiger partial charge in [-0.1, -0.05) is 56.0 Å². The summed E-state index contributed by atoms with van der Waals surface area (Å²) < 4.78 is 0. The summed E-state index contributed by atoms with van der Waals surface area (Å²) in [6.45, 7) is 1.95. The van der Waals surface area contributed by atoms with Gasteiger partial charge in [-0.25, -0.2) is 0 Å². The fourth-order valence-electron chi connectivity index (χ4n) is 4.55. The summed E-state index contributed by atoms with van der Waals surface area (Å²) in [6.07, 6.45) is 8.52. The second-order valence-corrected chi connectivity index (χ2v) is 7.67. The van der Waals surface area contributed by atoms with Crippen molar-refractivity contribution in [2.24, 2.45) is 0 Å². The topological polar surface area (TPSA) is 69.6 Å². The average Bonchev–Trinajstić information content (AvgIpc) is 2.69. The van der Waals surface area contributed by atoms with E-state index >= 15 is 0 Å². The normalized spacial score (nSPS) is 21.7. The molecule has 1 aromatic rings. The van der Waals surface area contributed by atoms with E-state index in [0.717, 1.165) is 57.2 Å². The number of aliphatic carboxylic acids is 1. The molecule has 2 N–H and O–H groups in total. The molecule has 1 saturated carbocycles. The molecule has 1 heterocycles. The molecule has 1 amide bonds. The number of nitrogens with one attached hydrogen (secondary N) is 1. The predicted molar refractivity (Wildman–Crippen MR) is 101 cm³/mol. The molecular formula is C21H30N2O3. The van der Waals surface area contributed by atoms with E-state index in [-0.39, 0.29) is 12.3 Å². The maximum atomic E-state index is 13.4. The first-order valence-electron chi connectivity index (χ1n) is 9.94. The number of hydrogen-bond acceptors (Lipinski definition) is 3. The molecule has 2 fully saturated rings. The van der Waals surface area contributed by atoms with Crippen LogP contribution in [0.4, 0.5) is 0 Å². The van der Waals surface area contributed by atoms with Crippen LogP contribution in [0.15, 0.2) is 30.3 Å². The Hall–Kier alpha value is -1.88. The van der Waals surface area contributed by atoms with Gasteiger partial charge in [0.2, 0.25) is 5.91 Å². The van der Waals surface area contributed by atoms with Crippen LogP contribution < -0.4 is 5.32 Å². The van der Waals surface area contributed by atoms with E-state index in [1.54, 1.807) is 0 Å². The lowest BCUT2D eigenvalue weighted by atomic mass is 9.78. The highest BCUT2D eigenvalue weighted by molar-refractivity contribution is 5.87. The minimum Gasteiger partial charge on any atom is -0.481 e. The molecule has 0 bridgehead atoms. The second-order valence-electron chi connectivity index (χ2n) is 7.67. The molecule has 0 spiro atoms. The molecule has 1 aliphatic carbocycles. The van der Waals surface area contributed by atoms with Crippen LogP contribution in [0.5, 0.6) is 0 Å². The molecule has 0 aromatic heterocycles. The Morgan fingerprint density at radius 3 is 2.23 bits per heavy atom. The summed E-state index contributed by atoms with van der Waals surface area (Å²) in [7, 11) is 0. The maximum absolute atomic E-state index is 13.4. The lowest BCUT2D eigenvalue weighted by Crippen LogP contribution is -2.61. The van der Waals surface area contributed by atoms with Crippen molar-refractivity contribution < 1.29 is 14.7 Å². The van der Waals surface area contributed by atoms with Crippen LogP contribution in [0.1, 0.15) is 69.4 Å². The third-order valence-corrected chi connectivity index (χ3v) is 5.95. The number of carbonyl (C=O) groups is 2. The highest BCUT2D eigenvalue weighted by Gasteiger charge is 2.45. The standard InChI is InChI=1S/C21H30N2O3/c24-19(25)16-18(17-10-4-1-5-11-17)22-20(26)21(12-6-2-7-13-21)23-14-8-3-9-15-23/h1,4-5,10-11,18H,2-3,6-9,12-16H2,(H,22,26)(H,24,25)/t18-/m0/s1. The highest BCUT2D eigenvalue weighted by atomic mass is 16.4. The number of carboxylic acids is 1. The molecule has 142 valence electrons. The molecule has 0 unspecified atom stereocenters. The van der Waals surface area contributed by atoms with Crippen LogP contribution in [-0.2, 0) is 9.59 Å². The van der Waals surface area contributed by atoms with Gasteiger partial charge in [0, 0.05) is 0 Å². The minimum atomic E-state index is -0.894. The van der Waals surface area contributed by atoms with Gasteiger partial charge in [-0.05, 0) is 44.3 Å². The van der Waals surface area contributed by atoms with E-state index in [4.69, 9.17) is 0 Å². The second kappa shape index (κ2) is 8.67. The molecule has 0 radical (unpaired) electrons. The van der Waals surface area contributed by atoms with Gasteiger partial charge in [0.05, 0.1) is 12.5 Å². The van der Waals surface area contributed by atoms with E-state index in [1.165, 1.54) is 12.8 Å². The lowest BCUT2D eigenvalue weighted by Gasteiger charge is -2.47. The largest absolute Gasteiger partial charge is 0.481 e. The molecule has 5 nitrogen and oxygen atoms in total. The van der Waals surface area contributed by atoms with Gasteiger partial charge in [0.15, 0.2) is 0 Å². The number of carboxylic acid groups (broad SMARTS) is 1. The van der Waals surface area contributed by atoms with Gasteiger partial charge in [-0.3, -0.25) is 14.5 Å². The van der Waals surface area contributed by atoms with Crippen LogP contribution in [0.25, 0.3) is 0 Å². The van der Waals surface area contributed by atoms with E-state index in [2.05, 4.69) is 10.2 Å².